The van der Waals surface area contributed by atoms with Gasteiger partial charge in [-0.2, -0.15) is 0 Å². The van der Waals surface area contributed by atoms with Crippen molar-refractivity contribution in [2.75, 3.05) is 0 Å². The lowest BCUT2D eigenvalue weighted by Gasteiger charge is -2.36. The number of carbonyl (C=O) groups excluding carboxylic acids is 3. The molecule has 6 heteroatoms. The number of imide groups is 1. The lowest BCUT2D eigenvalue weighted by molar-refractivity contribution is -0.144. The molecule has 6 nitrogen and oxygen atoms in total. The molecule has 0 radical (unpaired) electrons. The van der Waals surface area contributed by atoms with E-state index >= 15 is 0 Å². The first-order valence-electron chi connectivity index (χ1n) is 7.41. The standard InChI is InChI=1S/C15H20N2O4/c1-8-4-11(19)17(12(20)5-8)14-13-9(18)6-15(2,3)7-10(13)21-16-14/h8,10,13H,4-7H2,1-3H3. The Kier molecular flexibility index (Phi) is 3.15. The Morgan fingerprint density at radius 2 is 1.81 bits per heavy atom. The fourth-order valence-electron chi connectivity index (χ4n) is 3.54. The third-order valence-corrected chi connectivity index (χ3v) is 4.46. The van der Waals surface area contributed by atoms with E-state index in [1.165, 1.54) is 0 Å². The number of Topliss-reactive ketones (excluding diaryl/α,β-unsaturated/α-hetero) is 1. The maximum atomic E-state index is 12.4. The summed E-state index contributed by atoms with van der Waals surface area (Å²) in [6, 6.07) is 0. The van der Waals surface area contributed by atoms with Gasteiger partial charge >= 0.3 is 0 Å². The molecule has 0 aromatic carbocycles. The predicted molar refractivity (Wildman–Crippen MR) is 74.1 cm³/mol. The topological polar surface area (TPSA) is 76.0 Å². The van der Waals surface area contributed by atoms with Crippen molar-refractivity contribution in [2.45, 2.75) is 52.6 Å². The van der Waals surface area contributed by atoms with Gasteiger partial charge in [0.25, 0.3) is 0 Å². The Balaban J connectivity index is 1.86. The van der Waals surface area contributed by atoms with Crippen LogP contribution in [-0.2, 0) is 19.2 Å². The maximum absolute atomic E-state index is 12.4. The molecule has 0 aromatic heterocycles. The van der Waals surface area contributed by atoms with Crippen LogP contribution in [0.5, 0.6) is 0 Å². The zero-order chi connectivity index (χ0) is 15.4. The third-order valence-electron chi connectivity index (χ3n) is 4.46. The Bertz CT molecular complexity index is 534. The van der Waals surface area contributed by atoms with E-state index in [4.69, 9.17) is 4.84 Å². The van der Waals surface area contributed by atoms with Gasteiger partial charge < -0.3 is 4.84 Å². The molecule has 1 saturated heterocycles. The molecular weight excluding hydrogens is 272 g/mol. The van der Waals surface area contributed by atoms with Crippen LogP contribution >= 0.6 is 0 Å². The number of amidine groups is 1. The minimum Gasteiger partial charge on any atom is -0.390 e. The number of fused-ring (bicyclic) bond motifs is 1. The summed E-state index contributed by atoms with van der Waals surface area (Å²) in [5, 5.41) is 3.93. The van der Waals surface area contributed by atoms with Gasteiger partial charge in [-0.05, 0) is 17.8 Å². The van der Waals surface area contributed by atoms with Gasteiger partial charge in [0.05, 0.1) is 0 Å². The molecule has 0 aromatic rings. The second-order valence-corrected chi connectivity index (χ2v) is 7.22. The van der Waals surface area contributed by atoms with E-state index in [9.17, 15) is 14.4 Å². The first-order chi connectivity index (χ1) is 9.78. The predicted octanol–water partition coefficient (Wildman–Crippen LogP) is 1.49. The molecule has 1 saturated carbocycles. The monoisotopic (exact) mass is 292 g/mol. The summed E-state index contributed by atoms with van der Waals surface area (Å²) >= 11 is 0. The second kappa shape index (κ2) is 4.64. The molecule has 21 heavy (non-hydrogen) atoms. The van der Waals surface area contributed by atoms with E-state index in [2.05, 4.69) is 5.16 Å². The third kappa shape index (κ3) is 2.36. The minimum atomic E-state index is -0.570. The highest BCUT2D eigenvalue weighted by Crippen LogP contribution is 2.41. The minimum absolute atomic E-state index is 0.00622. The van der Waals surface area contributed by atoms with E-state index in [0.717, 1.165) is 4.90 Å². The zero-order valence-electron chi connectivity index (χ0n) is 12.6. The molecule has 2 unspecified atom stereocenters. The Labute approximate surface area is 123 Å². The van der Waals surface area contributed by atoms with E-state index in [0.29, 0.717) is 25.7 Å². The zero-order valence-corrected chi connectivity index (χ0v) is 12.6. The fourth-order valence-corrected chi connectivity index (χ4v) is 3.54. The quantitative estimate of drug-likeness (QED) is 0.634. The van der Waals surface area contributed by atoms with Crippen LogP contribution in [0, 0.1) is 17.3 Å². The van der Waals surface area contributed by atoms with Crippen LogP contribution in [0.1, 0.15) is 46.5 Å². The number of hydrogen-bond acceptors (Lipinski definition) is 5. The van der Waals surface area contributed by atoms with Gasteiger partial charge in [0.2, 0.25) is 11.8 Å². The SMILES string of the molecule is CC1CC(=O)N(C2=NOC3CC(C)(C)CC(=O)C23)C(=O)C1. The van der Waals surface area contributed by atoms with Crippen LogP contribution in [0.2, 0.25) is 0 Å². The number of ketones is 1. The number of likely N-dealkylation sites (tertiary alicyclic amines) is 1. The van der Waals surface area contributed by atoms with E-state index in [1.54, 1.807) is 0 Å². The number of hydrogen-bond donors (Lipinski definition) is 0. The van der Waals surface area contributed by atoms with Crippen molar-refractivity contribution in [3.63, 3.8) is 0 Å². The summed E-state index contributed by atoms with van der Waals surface area (Å²) in [5.74, 6) is -0.867. The molecule has 2 aliphatic heterocycles. The smallest absolute Gasteiger partial charge is 0.235 e. The van der Waals surface area contributed by atoms with Crippen molar-refractivity contribution in [3.8, 4) is 0 Å². The van der Waals surface area contributed by atoms with Gasteiger partial charge in [0.1, 0.15) is 17.8 Å². The van der Waals surface area contributed by atoms with Crippen LogP contribution in [0.15, 0.2) is 5.16 Å². The summed E-state index contributed by atoms with van der Waals surface area (Å²) in [6.07, 6.45) is 1.38. The fraction of sp³-hybridized carbons (Fsp3) is 0.733. The first-order valence-corrected chi connectivity index (χ1v) is 7.41. The largest absolute Gasteiger partial charge is 0.390 e. The molecule has 2 heterocycles. The number of rotatable bonds is 0. The van der Waals surface area contributed by atoms with Crippen LogP contribution in [0.4, 0.5) is 0 Å². The Morgan fingerprint density at radius 1 is 1.19 bits per heavy atom. The van der Waals surface area contributed by atoms with E-state index in [-0.39, 0.29) is 40.9 Å². The highest BCUT2D eigenvalue weighted by molar-refractivity contribution is 6.20. The van der Waals surface area contributed by atoms with Crippen LogP contribution < -0.4 is 0 Å². The molecule has 2 fully saturated rings. The molecule has 3 rings (SSSR count). The number of amides is 2. The summed E-state index contributed by atoms with van der Waals surface area (Å²) in [7, 11) is 0. The van der Waals surface area contributed by atoms with Crippen LogP contribution in [0.25, 0.3) is 0 Å². The first kappa shape index (κ1) is 14.2. The molecule has 114 valence electrons. The lowest BCUT2D eigenvalue weighted by Crippen LogP contribution is -2.52. The average Bonchev–Trinajstić information content (AvgIpc) is 2.69. The molecule has 3 aliphatic rings. The summed E-state index contributed by atoms with van der Waals surface area (Å²) in [4.78, 5) is 43.2. The van der Waals surface area contributed by atoms with Crippen LogP contribution in [-0.4, -0.2) is 34.4 Å². The van der Waals surface area contributed by atoms with Gasteiger partial charge in [-0.1, -0.05) is 25.9 Å². The maximum Gasteiger partial charge on any atom is 0.235 e. The van der Waals surface area contributed by atoms with Crippen molar-refractivity contribution < 1.29 is 19.2 Å². The van der Waals surface area contributed by atoms with Gasteiger partial charge in [0, 0.05) is 19.3 Å². The van der Waals surface area contributed by atoms with Gasteiger partial charge in [-0.3, -0.25) is 14.4 Å². The van der Waals surface area contributed by atoms with Gasteiger partial charge in [-0.25, -0.2) is 4.90 Å². The van der Waals surface area contributed by atoms with Gasteiger partial charge in [-0.15, -0.1) is 0 Å². The summed E-state index contributed by atoms with van der Waals surface area (Å²) < 4.78 is 0. The Hall–Kier alpha value is -1.72. The highest BCUT2D eigenvalue weighted by atomic mass is 16.6. The molecule has 2 atom stereocenters. The molecule has 0 spiro atoms. The molecule has 0 N–H and O–H groups in total. The average molecular weight is 292 g/mol. The van der Waals surface area contributed by atoms with E-state index in [1.807, 2.05) is 20.8 Å². The van der Waals surface area contributed by atoms with Crippen molar-refractivity contribution in [2.24, 2.45) is 22.4 Å². The number of oxime groups is 1. The molecule has 2 amide bonds. The number of carbonyl (C=O) groups is 3. The lowest BCUT2D eigenvalue weighted by atomic mass is 9.70. The molecule has 1 aliphatic carbocycles. The van der Waals surface area contributed by atoms with Gasteiger partial charge in [0.15, 0.2) is 5.84 Å². The molecular formula is C15H20N2O4. The number of nitrogens with zero attached hydrogens (tertiary/aromatic N) is 2. The summed E-state index contributed by atoms with van der Waals surface area (Å²) in [6.45, 7) is 5.90. The highest BCUT2D eigenvalue weighted by Gasteiger charge is 2.52. The van der Waals surface area contributed by atoms with Crippen molar-refractivity contribution in [3.05, 3.63) is 0 Å². The van der Waals surface area contributed by atoms with E-state index < -0.39 is 5.92 Å². The van der Waals surface area contributed by atoms with Crippen molar-refractivity contribution >= 4 is 23.4 Å². The van der Waals surface area contributed by atoms with Crippen molar-refractivity contribution in [1.29, 1.82) is 0 Å². The summed E-state index contributed by atoms with van der Waals surface area (Å²) in [5.41, 5.74) is -0.131. The van der Waals surface area contributed by atoms with Crippen molar-refractivity contribution in [1.82, 2.24) is 4.90 Å². The van der Waals surface area contributed by atoms with Crippen LogP contribution in [0.3, 0.4) is 0 Å². The second-order valence-electron chi connectivity index (χ2n) is 7.22. The Morgan fingerprint density at radius 3 is 2.43 bits per heavy atom. The molecule has 0 bridgehead atoms. The normalized spacial score (nSPS) is 32.8. The number of piperidine rings is 1.